The predicted octanol–water partition coefficient (Wildman–Crippen LogP) is 4.56. The van der Waals surface area contributed by atoms with Crippen molar-refractivity contribution in [2.75, 3.05) is 0 Å². The number of pyridine rings is 1. The predicted molar refractivity (Wildman–Crippen MR) is 128 cm³/mol. The number of aromatic nitrogens is 5. The lowest BCUT2D eigenvalue weighted by atomic mass is 9.57. The standard InChI is InChI=1S/C28H33N5/c1-5-27(3)28(6-2,23-12-8-7-11-22(23)24-15-18-30(4)33(24)27)19-21-20-31-17-10-9-13-25(31)26-14-16-29-32(21)26/h7-18,21H,5-6,19-20H2,1-4H3/q+2. The van der Waals surface area contributed by atoms with Gasteiger partial charge in [0.2, 0.25) is 5.69 Å². The SMILES string of the molecule is CCC1(CC2C[n+]3ccccc3-c3ccnn32)c2ccccc2-c2cc[n+](C)n2C1(C)CC. The van der Waals surface area contributed by atoms with Gasteiger partial charge in [0.1, 0.15) is 23.0 Å². The first-order valence-corrected chi connectivity index (χ1v) is 12.2. The van der Waals surface area contributed by atoms with E-state index in [1.807, 2.05) is 6.20 Å². The van der Waals surface area contributed by atoms with Crippen LogP contribution < -0.4 is 9.25 Å². The largest absolute Gasteiger partial charge is 0.249 e. The topological polar surface area (TPSA) is 30.5 Å². The number of aryl methyl sites for hydroxylation is 1. The number of hydrogen-bond acceptors (Lipinski definition) is 1. The van der Waals surface area contributed by atoms with Crippen LogP contribution in [0.15, 0.2) is 73.2 Å². The molecule has 6 rings (SSSR count). The number of rotatable bonds is 4. The molecule has 0 saturated carbocycles. The van der Waals surface area contributed by atoms with E-state index >= 15 is 0 Å². The van der Waals surface area contributed by atoms with E-state index in [1.54, 1.807) is 0 Å². The molecular weight excluding hydrogens is 406 g/mol. The van der Waals surface area contributed by atoms with Gasteiger partial charge in [-0.15, -0.1) is 9.36 Å². The van der Waals surface area contributed by atoms with Gasteiger partial charge in [-0.2, -0.15) is 9.67 Å². The second-order valence-corrected chi connectivity index (χ2v) is 9.95. The summed E-state index contributed by atoms with van der Waals surface area (Å²) in [7, 11) is 2.18. The summed E-state index contributed by atoms with van der Waals surface area (Å²) in [6.45, 7) is 8.16. The van der Waals surface area contributed by atoms with E-state index in [2.05, 4.69) is 113 Å². The van der Waals surface area contributed by atoms with Crippen LogP contribution in [0, 0.1) is 0 Å². The Balaban J connectivity index is 1.56. The van der Waals surface area contributed by atoms with Gasteiger partial charge in [0.15, 0.2) is 26.0 Å². The highest BCUT2D eigenvalue weighted by Crippen LogP contribution is 2.56. The molecule has 5 heterocycles. The Morgan fingerprint density at radius 3 is 2.61 bits per heavy atom. The minimum absolute atomic E-state index is 0.0249. The molecule has 5 heteroatoms. The molecule has 0 aliphatic carbocycles. The van der Waals surface area contributed by atoms with Crippen LogP contribution >= 0.6 is 0 Å². The summed E-state index contributed by atoms with van der Waals surface area (Å²) in [5.74, 6) is 0. The molecule has 1 aromatic carbocycles. The number of fused-ring (bicyclic) bond motifs is 6. The summed E-state index contributed by atoms with van der Waals surface area (Å²) < 4.78 is 9.55. The molecule has 168 valence electrons. The molecular formula is C28H33N5+2. The van der Waals surface area contributed by atoms with E-state index in [9.17, 15) is 0 Å². The molecule has 2 aliphatic rings. The molecule has 0 saturated heterocycles. The van der Waals surface area contributed by atoms with Crippen molar-refractivity contribution in [2.45, 2.75) is 63.6 Å². The van der Waals surface area contributed by atoms with Crippen LogP contribution in [0.1, 0.15) is 51.6 Å². The van der Waals surface area contributed by atoms with E-state index in [4.69, 9.17) is 5.10 Å². The van der Waals surface area contributed by atoms with E-state index in [0.29, 0.717) is 0 Å². The fourth-order valence-electron chi connectivity index (χ4n) is 6.99. The first-order chi connectivity index (χ1) is 16.0. The van der Waals surface area contributed by atoms with E-state index in [-0.39, 0.29) is 17.0 Å². The van der Waals surface area contributed by atoms with Gasteiger partial charge in [0, 0.05) is 35.4 Å². The Kier molecular flexibility index (Phi) is 4.42. The summed E-state index contributed by atoms with van der Waals surface area (Å²) in [4.78, 5) is 0. The minimum atomic E-state index is -0.0569. The van der Waals surface area contributed by atoms with Gasteiger partial charge < -0.3 is 0 Å². The Morgan fingerprint density at radius 2 is 1.79 bits per heavy atom. The lowest BCUT2D eigenvalue weighted by Gasteiger charge is -2.52. The van der Waals surface area contributed by atoms with Crippen molar-refractivity contribution >= 4 is 0 Å². The molecule has 0 spiro atoms. The summed E-state index contributed by atoms with van der Waals surface area (Å²) in [6, 6.07) is 20.3. The molecule has 0 N–H and O–H groups in total. The summed E-state index contributed by atoms with van der Waals surface area (Å²) >= 11 is 0. The van der Waals surface area contributed by atoms with Crippen molar-refractivity contribution in [1.29, 1.82) is 0 Å². The lowest BCUT2D eigenvalue weighted by Crippen LogP contribution is -2.62. The van der Waals surface area contributed by atoms with E-state index in [0.717, 1.165) is 25.8 Å². The number of hydrogen-bond donors (Lipinski definition) is 0. The maximum Gasteiger partial charge on any atom is 0.230 e. The Hall–Kier alpha value is -3.21. The molecule has 0 radical (unpaired) electrons. The number of nitrogens with zero attached hydrogens (tertiary/aromatic N) is 5. The third kappa shape index (κ3) is 2.56. The Morgan fingerprint density at radius 1 is 0.970 bits per heavy atom. The molecule has 4 aromatic rings. The Labute approximate surface area is 195 Å². The first-order valence-electron chi connectivity index (χ1n) is 12.2. The maximum absolute atomic E-state index is 4.84. The van der Waals surface area contributed by atoms with Crippen molar-refractivity contribution in [3.8, 4) is 22.6 Å². The van der Waals surface area contributed by atoms with Crippen molar-refractivity contribution in [2.24, 2.45) is 7.05 Å². The second kappa shape index (κ2) is 7.14. The van der Waals surface area contributed by atoms with Crippen molar-refractivity contribution in [3.05, 3.63) is 78.8 Å². The smallest absolute Gasteiger partial charge is 0.230 e. The fraction of sp³-hybridized carbons (Fsp3) is 0.393. The van der Waals surface area contributed by atoms with E-state index in [1.165, 1.54) is 28.2 Å². The second-order valence-electron chi connectivity index (χ2n) is 9.95. The van der Waals surface area contributed by atoms with Gasteiger partial charge in [0.25, 0.3) is 0 Å². The van der Waals surface area contributed by atoms with Gasteiger partial charge in [-0.25, -0.2) is 4.68 Å². The monoisotopic (exact) mass is 439 g/mol. The molecule has 0 bridgehead atoms. The molecule has 5 nitrogen and oxygen atoms in total. The molecule has 3 unspecified atom stereocenters. The maximum atomic E-state index is 4.84. The molecule has 0 fully saturated rings. The zero-order valence-corrected chi connectivity index (χ0v) is 20.1. The fourth-order valence-corrected chi connectivity index (χ4v) is 6.99. The van der Waals surface area contributed by atoms with Crippen molar-refractivity contribution in [1.82, 2.24) is 14.5 Å². The van der Waals surface area contributed by atoms with Gasteiger partial charge >= 0.3 is 0 Å². The highest BCUT2D eigenvalue weighted by atomic mass is 15.4. The number of benzene rings is 1. The van der Waals surface area contributed by atoms with Crippen LogP contribution in [0.5, 0.6) is 0 Å². The van der Waals surface area contributed by atoms with Crippen LogP contribution in [-0.2, 0) is 24.5 Å². The quantitative estimate of drug-likeness (QED) is 0.429. The third-order valence-corrected chi connectivity index (χ3v) is 8.71. The summed E-state index contributed by atoms with van der Waals surface area (Å²) in [6.07, 6.45) is 9.57. The first kappa shape index (κ1) is 20.4. The van der Waals surface area contributed by atoms with E-state index < -0.39 is 0 Å². The van der Waals surface area contributed by atoms with Gasteiger partial charge in [0.05, 0.1) is 0 Å². The van der Waals surface area contributed by atoms with Crippen molar-refractivity contribution < 1.29 is 9.25 Å². The average Bonchev–Trinajstić information content (AvgIpc) is 3.49. The minimum Gasteiger partial charge on any atom is -0.249 e. The van der Waals surface area contributed by atoms with Crippen LogP contribution in [-0.4, -0.2) is 14.5 Å². The highest BCUT2D eigenvalue weighted by molar-refractivity contribution is 5.68. The Bertz CT molecular complexity index is 1350. The zero-order valence-electron chi connectivity index (χ0n) is 20.1. The molecule has 33 heavy (non-hydrogen) atoms. The van der Waals surface area contributed by atoms with Gasteiger partial charge in [-0.1, -0.05) is 38.1 Å². The van der Waals surface area contributed by atoms with Crippen LogP contribution in [0.2, 0.25) is 0 Å². The summed E-state index contributed by atoms with van der Waals surface area (Å²) in [5.41, 5.74) is 6.56. The third-order valence-electron chi connectivity index (χ3n) is 8.71. The van der Waals surface area contributed by atoms with Crippen molar-refractivity contribution in [3.63, 3.8) is 0 Å². The molecule has 3 aromatic heterocycles. The zero-order chi connectivity index (χ0) is 22.8. The van der Waals surface area contributed by atoms with Gasteiger partial charge in [-0.3, -0.25) is 0 Å². The normalized spacial score (nSPS) is 25.2. The average molecular weight is 440 g/mol. The summed E-state index contributed by atoms with van der Waals surface area (Å²) in [5, 5.41) is 4.84. The lowest BCUT2D eigenvalue weighted by molar-refractivity contribution is -0.761. The van der Waals surface area contributed by atoms with Crippen LogP contribution in [0.3, 0.4) is 0 Å². The van der Waals surface area contributed by atoms with Crippen LogP contribution in [0.4, 0.5) is 0 Å². The molecule has 2 aliphatic heterocycles. The molecule has 3 atom stereocenters. The highest BCUT2D eigenvalue weighted by Gasteiger charge is 2.57. The van der Waals surface area contributed by atoms with Crippen LogP contribution in [0.25, 0.3) is 22.6 Å². The van der Waals surface area contributed by atoms with Gasteiger partial charge in [-0.05, 0) is 43.9 Å². The molecule has 0 amide bonds.